The number of benzene rings is 1. The van der Waals surface area contributed by atoms with Gasteiger partial charge < -0.3 is 4.57 Å². The van der Waals surface area contributed by atoms with Crippen LogP contribution < -0.4 is 5.56 Å². The predicted octanol–water partition coefficient (Wildman–Crippen LogP) is 4.33. The van der Waals surface area contributed by atoms with Gasteiger partial charge in [-0.15, -0.1) is 0 Å². The predicted molar refractivity (Wildman–Crippen MR) is 74.0 cm³/mol. The molecule has 0 saturated carbocycles. The van der Waals surface area contributed by atoms with Crippen LogP contribution in [-0.4, -0.2) is 4.57 Å². The lowest BCUT2D eigenvalue weighted by Crippen LogP contribution is -2.23. The second-order valence-corrected chi connectivity index (χ2v) is 5.46. The molecule has 0 bridgehead atoms. The van der Waals surface area contributed by atoms with E-state index in [0.717, 1.165) is 15.2 Å². The molecule has 0 radical (unpaired) electrons. The normalized spacial score (nSPS) is 11.7. The lowest BCUT2D eigenvalue weighted by molar-refractivity contribution is -0.138. The Morgan fingerprint density at radius 1 is 1.25 bits per heavy atom. The largest absolute Gasteiger partial charge is 0.417 e. The smallest absolute Gasteiger partial charge is 0.309 e. The summed E-state index contributed by atoms with van der Waals surface area (Å²) in [7, 11) is 0. The summed E-state index contributed by atoms with van der Waals surface area (Å²) in [6.07, 6.45) is -3.77. The van der Waals surface area contributed by atoms with Crippen molar-refractivity contribution in [3.8, 4) is 0 Å². The van der Waals surface area contributed by atoms with Gasteiger partial charge in [0.1, 0.15) is 5.02 Å². The average molecular weight is 367 g/mol. The average Bonchev–Trinajstić information content (AvgIpc) is 2.33. The zero-order valence-corrected chi connectivity index (χ0v) is 12.3. The number of rotatable bonds is 2. The Morgan fingerprint density at radius 2 is 1.95 bits per heavy atom. The maximum Gasteiger partial charge on any atom is 0.417 e. The minimum absolute atomic E-state index is 0.0158. The van der Waals surface area contributed by atoms with E-state index in [-0.39, 0.29) is 6.54 Å². The third kappa shape index (κ3) is 3.43. The molecule has 0 amide bonds. The fourth-order valence-electron chi connectivity index (χ4n) is 1.70. The van der Waals surface area contributed by atoms with Gasteiger partial charge in [-0.05, 0) is 23.8 Å². The Morgan fingerprint density at radius 3 is 2.55 bits per heavy atom. The molecule has 2 nitrogen and oxygen atoms in total. The standard InChI is InChI=1S/C13H8BrClF3NO/c14-10-3-1-2-8(4-10)6-19-7-9(13(16,17)18)5-11(15)12(19)20/h1-5,7H,6H2. The first kappa shape index (κ1) is 15.1. The molecule has 2 aromatic rings. The van der Waals surface area contributed by atoms with Crippen molar-refractivity contribution in [3.05, 3.63) is 67.5 Å². The van der Waals surface area contributed by atoms with Crippen LogP contribution in [0.2, 0.25) is 5.02 Å². The Balaban J connectivity index is 2.46. The Bertz CT molecular complexity index is 697. The van der Waals surface area contributed by atoms with Gasteiger partial charge >= 0.3 is 6.18 Å². The highest BCUT2D eigenvalue weighted by Gasteiger charge is 2.32. The summed E-state index contributed by atoms with van der Waals surface area (Å²) in [6.45, 7) is 0.0158. The van der Waals surface area contributed by atoms with E-state index in [0.29, 0.717) is 11.6 Å². The highest BCUT2D eigenvalue weighted by atomic mass is 79.9. The van der Waals surface area contributed by atoms with E-state index in [9.17, 15) is 18.0 Å². The molecule has 20 heavy (non-hydrogen) atoms. The van der Waals surface area contributed by atoms with Gasteiger partial charge in [-0.25, -0.2) is 0 Å². The number of hydrogen-bond donors (Lipinski definition) is 0. The first-order chi connectivity index (χ1) is 9.27. The van der Waals surface area contributed by atoms with Crippen molar-refractivity contribution in [2.45, 2.75) is 12.7 Å². The van der Waals surface area contributed by atoms with E-state index in [2.05, 4.69) is 15.9 Å². The third-order valence-electron chi connectivity index (χ3n) is 2.61. The van der Waals surface area contributed by atoms with Gasteiger partial charge in [-0.3, -0.25) is 4.79 Å². The van der Waals surface area contributed by atoms with Crippen LogP contribution in [0.25, 0.3) is 0 Å². The molecule has 0 aliphatic heterocycles. The van der Waals surface area contributed by atoms with Crippen molar-refractivity contribution in [1.29, 1.82) is 0 Å². The number of pyridine rings is 1. The number of hydrogen-bond acceptors (Lipinski definition) is 1. The number of nitrogens with zero attached hydrogens (tertiary/aromatic N) is 1. The van der Waals surface area contributed by atoms with E-state index in [4.69, 9.17) is 11.6 Å². The lowest BCUT2D eigenvalue weighted by Gasteiger charge is -2.12. The maximum absolute atomic E-state index is 12.7. The third-order valence-corrected chi connectivity index (χ3v) is 3.38. The molecule has 0 spiro atoms. The van der Waals surface area contributed by atoms with E-state index >= 15 is 0 Å². The summed E-state index contributed by atoms with van der Waals surface area (Å²) >= 11 is 8.84. The summed E-state index contributed by atoms with van der Waals surface area (Å²) in [5.41, 5.74) is -0.909. The molecule has 0 unspecified atom stereocenters. The van der Waals surface area contributed by atoms with Gasteiger partial charge in [0.05, 0.1) is 12.1 Å². The van der Waals surface area contributed by atoms with Crippen molar-refractivity contribution < 1.29 is 13.2 Å². The van der Waals surface area contributed by atoms with Gasteiger partial charge in [0, 0.05) is 10.7 Å². The summed E-state index contributed by atoms with van der Waals surface area (Å²) < 4.78 is 39.8. The van der Waals surface area contributed by atoms with Crippen LogP contribution in [-0.2, 0) is 12.7 Å². The molecule has 0 aliphatic carbocycles. The Hall–Kier alpha value is -1.27. The molecule has 0 aliphatic rings. The van der Waals surface area contributed by atoms with Crippen LogP contribution in [0, 0.1) is 0 Å². The molecule has 0 fully saturated rings. The second-order valence-electron chi connectivity index (χ2n) is 4.14. The molecule has 1 aromatic heterocycles. The molecule has 0 saturated heterocycles. The van der Waals surface area contributed by atoms with Gasteiger partial charge in [0.25, 0.3) is 5.56 Å². The van der Waals surface area contributed by atoms with Crippen molar-refractivity contribution in [2.24, 2.45) is 0 Å². The molecule has 2 rings (SSSR count). The minimum atomic E-state index is -4.55. The molecular weight excluding hydrogens is 358 g/mol. The van der Waals surface area contributed by atoms with Crippen LogP contribution in [0.15, 0.2) is 45.8 Å². The maximum atomic E-state index is 12.7. The first-order valence-electron chi connectivity index (χ1n) is 5.49. The molecular formula is C13H8BrClF3NO. The summed E-state index contributed by atoms with van der Waals surface area (Å²) in [5.74, 6) is 0. The zero-order chi connectivity index (χ0) is 14.9. The summed E-state index contributed by atoms with van der Waals surface area (Å²) in [6, 6.07) is 7.60. The quantitative estimate of drug-likeness (QED) is 0.775. The monoisotopic (exact) mass is 365 g/mol. The van der Waals surface area contributed by atoms with E-state index in [1.807, 2.05) is 0 Å². The number of aromatic nitrogens is 1. The minimum Gasteiger partial charge on any atom is -0.309 e. The highest BCUT2D eigenvalue weighted by molar-refractivity contribution is 9.10. The van der Waals surface area contributed by atoms with E-state index < -0.39 is 22.3 Å². The summed E-state index contributed by atoms with van der Waals surface area (Å²) in [5, 5.41) is -0.449. The molecule has 1 heterocycles. The topological polar surface area (TPSA) is 22.0 Å². The number of alkyl halides is 3. The van der Waals surface area contributed by atoms with E-state index in [1.165, 1.54) is 0 Å². The van der Waals surface area contributed by atoms with Gasteiger partial charge in [0.2, 0.25) is 0 Å². The van der Waals surface area contributed by atoms with Crippen molar-refractivity contribution >= 4 is 27.5 Å². The Labute approximate surface area is 125 Å². The highest BCUT2D eigenvalue weighted by Crippen LogP contribution is 2.29. The van der Waals surface area contributed by atoms with Gasteiger partial charge in [0.15, 0.2) is 0 Å². The van der Waals surface area contributed by atoms with Crippen LogP contribution in [0.4, 0.5) is 13.2 Å². The molecule has 7 heteroatoms. The molecule has 106 valence electrons. The van der Waals surface area contributed by atoms with Crippen LogP contribution in [0.3, 0.4) is 0 Å². The molecule has 0 atom stereocenters. The van der Waals surface area contributed by atoms with Gasteiger partial charge in [-0.2, -0.15) is 13.2 Å². The van der Waals surface area contributed by atoms with E-state index in [1.54, 1.807) is 24.3 Å². The lowest BCUT2D eigenvalue weighted by atomic mass is 10.2. The van der Waals surface area contributed by atoms with Crippen molar-refractivity contribution in [3.63, 3.8) is 0 Å². The fourth-order valence-corrected chi connectivity index (χ4v) is 2.38. The molecule has 0 N–H and O–H groups in total. The Kier molecular flexibility index (Phi) is 4.25. The first-order valence-corrected chi connectivity index (χ1v) is 6.66. The van der Waals surface area contributed by atoms with Crippen LogP contribution >= 0.6 is 27.5 Å². The summed E-state index contributed by atoms with van der Waals surface area (Å²) in [4.78, 5) is 11.8. The van der Waals surface area contributed by atoms with Crippen LogP contribution in [0.1, 0.15) is 11.1 Å². The SMILES string of the molecule is O=c1c(Cl)cc(C(F)(F)F)cn1Cc1cccc(Br)c1. The molecule has 1 aromatic carbocycles. The fraction of sp³-hybridized carbons (Fsp3) is 0.154. The van der Waals surface area contributed by atoms with Gasteiger partial charge in [-0.1, -0.05) is 39.7 Å². The number of halogens is 5. The second kappa shape index (κ2) is 5.61. The van der Waals surface area contributed by atoms with Crippen molar-refractivity contribution in [1.82, 2.24) is 4.57 Å². The van der Waals surface area contributed by atoms with Crippen LogP contribution in [0.5, 0.6) is 0 Å². The van der Waals surface area contributed by atoms with Crippen molar-refractivity contribution in [2.75, 3.05) is 0 Å². The zero-order valence-electron chi connectivity index (χ0n) is 9.92.